The quantitative estimate of drug-likeness (QED) is 0.654. The van der Waals surface area contributed by atoms with E-state index in [-0.39, 0.29) is 18.9 Å². The summed E-state index contributed by atoms with van der Waals surface area (Å²) in [6.45, 7) is 0.204. The van der Waals surface area contributed by atoms with E-state index in [0.29, 0.717) is 0 Å². The minimum Gasteiger partial charge on any atom is -0.458 e. The summed E-state index contributed by atoms with van der Waals surface area (Å²) in [6, 6.07) is 18.4. The van der Waals surface area contributed by atoms with Gasteiger partial charge in [-0.15, -0.1) is 0 Å². The maximum atomic E-state index is 11.7. The highest BCUT2D eigenvalue weighted by molar-refractivity contribution is 5.95. The van der Waals surface area contributed by atoms with Gasteiger partial charge in [0.2, 0.25) is 0 Å². The molecule has 0 aromatic heterocycles. The molecule has 0 radical (unpaired) electrons. The Labute approximate surface area is 134 Å². The summed E-state index contributed by atoms with van der Waals surface area (Å²) in [5, 5.41) is 0. The Kier molecular flexibility index (Phi) is 5.94. The first kappa shape index (κ1) is 16.3. The highest BCUT2D eigenvalue weighted by Crippen LogP contribution is 2.04. The van der Waals surface area contributed by atoms with Crippen molar-refractivity contribution in [3.63, 3.8) is 0 Å². The second kappa shape index (κ2) is 8.38. The van der Waals surface area contributed by atoms with Gasteiger partial charge in [-0.1, -0.05) is 60.7 Å². The number of carbonyl (C=O) groups is 2. The lowest BCUT2D eigenvalue weighted by Gasteiger charge is -2.05. The maximum Gasteiger partial charge on any atom is 0.354 e. The number of ether oxygens (including phenoxy) is 2. The number of hydrogen-bond donors (Lipinski definition) is 1. The summed E-state index contributed by atoms with van der Waals surface area (Å²) in [6.07, 6.45) is 0.927. The fourth-order valence-corrected chi connectivity index (χ4v) is 1.76. The monoisotopic (exact) mass is 311 g/mol. The van der Waals surface area contributed by atoms with E-state index in [1.807, 2.05) is 60.7 Å². The summed E-state index contributed by atoms with van der Waals surface area (Å²) in [5.41, 5.74) is 6.92. The zero-order chi connectivity index (χ0) is 16.5. The topological polar surface area (TPSA) is 78.6 Å². The van der Waals surface area contributed by atoms with Gasteiger partial charge in [0, 0.05) is 0 Å². The van der Waals surface area contributed by atoms with Crippen molar-refractivity contribution in [3.8, 4) is 0 Å². The Morgan fingerprint density at radius 3 is 1.83 bits per heavy atom. The summed E-state index contributed by atoms with van der Waals surface area (Å²) < 4.78 is 10.0. The Morgan fingerprint density at radius 1 is 0.826 bits per heavy atom. The molecule has 0 spiro atoms. The molecule has 23 heavy (non-hydrogen) atoms. The van der Waals surface area contributed by atoms with Crippen LogP contribution >= 0.6 is 0 Å². The molecule has 2 aromatic rings. The molecule has 2 N–H and O–H groups in total. The van der Waals surface area contributed by atoms with Crippen LogP contribution in [-0.4, -0.2) is 11.9 Å². The average molecular weight is 311 g/mol. The van der Waals surface area contributed by atoms with Crippen LogP contribution < -0.4 is 5.73 Å². The number of benzene rings is 2. The van der Waals surface area contributed by atoms with E-state index in [1.165, 1.54) is 0 Å². The van der Waals surface area contributed by atoms with Gasteiger partial charge < -0.3 is 15.2 Å². The summed E-state index contributed by atoms with van der Waals surface area (Å²) >= 11 is 0. The zero-order valence-corrected chi connectivity index (χ0v) is 12.5. The van der Waals surface area contributed by atoms with Crippen molar-refractivity contribution in [1.82, 2.24) is 0 Å². The predicted molar refractivity (Wildman–Crippen MR) is 84.7 cm³/mol. The fourth-order valence-electron chi connectivity index (χ4n) is 1.76. The molecule has 5 heteroatoms. The van der Waals surface area contributed by atoms with Crippen LogP contribution in [0.1, 0.15) is 11.1 Å². The van der Waals surface area contributed by atoms with E-state index in [0.717, 1.165) is 17.2 Å². The lowest BCUT2D eigenvalue weighted by atomic mass is 10.2. The van der Waals surface area contributed by atoms with Crippen molar-refractivity contribution < 1.29 is 19.1 Å². The molecule has 0 amide bonds. The maximum absolute atomic E-state index is 11.7. The van der Waals surface area contributed by atoms with E-state index < -0.39 is 11.9 Å². The molecule has 2 aromatic carbocycles. The second-order valence-corrected chi connectivity index (χ2v) is 4.75. The van der Waals surface area contributed by atoms with E-state index in [9.17, 15) is 9.59 Å². The van der Waals surface area contributed by atoms with Crippen LogP contribution in [0.5, 0.6) is 0 Å². The third-order valence-corrected chi connectivity index (χ3v) is 2.95. The van der Waals surface area contributed by atoms with E-state index in [1.54, 1.807) is 0 Å². The molecule has 0 heterocycles. The zero-order valence-electron chi connectivity index (χ0n) is 12.5. The lowest BCUT2D eigenvalue weighted by molar-refractivity contribution is -0.142. The highest BCUT2D eigenvalue weighted by Gasteiger charge is 2.10. The van der Waals surface area contributed by atoms with Gasteiger partial charge in [0.05, 0.1) is 6.08 Å². The Bertz CT molecular complexity index is 681. The number of rotatable bonds is 6. The molecule has 2 rings (SSSR count). The van der Waals surface area contributed by atoms with Gasteiger partial charge in [0.1, 0.15) is 18.9 Å². The first-order valence-corrected chi connectivity index (χ1v) is 7.04. The Morgan fingerprint density at radius 2 is 1.30 bits per heavy atom. The molecule has 0 unspecified atom stereocenters. The van der Waals surface area contributed by atoms with Crippen LogP contribution in [0.2, 0.25) is 0 Å². The molecule has 0 saturated heterocycles. The van der Waals surface area contributed by atoms with Crippen LogP contribution in [0.4, 0.5) is 0 Å². The van der Waals surface area contributed by atoms with Gasteiger partial charge in [-0.05, 0) is 11.1 Å². The molecule has 0 fully saturated rings. The lowest BCUT2D eigenvalue weighted by Crippen LogP contribution is -2.17. The molecular formula is C18H17NO4. The first-order chi connectivity index (χ1) is 11.1. The van der Waals surface area contributed by atoms with Crippen LogP contribution in [0.25, 0.3) is 0 Å². The minimum atomic E-state index is -0.759. The largest absolute Gasteiger partial charge is 0.458 e. The highest BCUT2D eigenvalue weighted by atomic mass is 16.5. The van der Waals surface area contributed by atoms with Crippen molar-refractivity contribution in [1.29, 1.82) is 0 Å². The van der Waals surface area contributed by atoms with Gasteiger partial charge in [-0.25, -0.2) is 9.59 Å². The van der Waals surface area contributed by atoms with Gasteiger partial charge in [-0.3, -0.25) is 0 Å². The third-order valence-electron chi connectivity index (χ3n) is 2.95. The summed E-state index contributed by atoms with van der Waals surface area (Å²) in [5.74, 6) is -1.45. The van der Waals surface area contributed by atoms with Crippen LogP contribution in [0, 0.1) is 0 Å². The van der Waals surface area contributed by atoms with Crippen molar-refractivity contribution in [3.05, 3.63) is 83.6 Å². The Balaban J connectivity index is 1.80. The van der Waals surface area contributed by atoms with Gasteiger partial charge in [-0.2, -0.15) is 0 Å². The Hall–Kier alpha value is -3.08. The summed E-state index contributed by atoms with van der Waals surface area (Å²) in [7, 11) is 0. The average Bonchev–Trinajstić information content (AvgIpc) is 2.59. The molecule has 0 aliphatic rings. The molecule has 0 bridgehead atoms. The number of carbonyl (C=O) groups excluding carboxylic acids is 2. The predicted octanol–water partition coefficient (Wildman–Crippen LogP) is 2.32. The number of hydrogen-bond acceptors (Lipinski definition) is 5. The first-order valence-electron chi connectivity index (χ1n) is 7.04. The smallest absolute Gasteiger partial charge is 0.354 e. The van der Waals surface area contributed by atoms with Crippen molar-refractivity contribution in [2.24, 2.45) is 5.73 Å². The van der Waals surface area contributed by atoms with Gasteiger partial charge in [0.15, 0.2) is 0 Å². The van der Waals surface area contributed by atoms with E-state index in [4.69, 9.17) is 15.2 Å². The molecule has 118 valence electrons. The van der Waals surface area contributed by atoms with Crippen molar-refractivity contribution in [2.45, 2.75) is 13.2 Å². The van der Waals surface area contributed by atoms with E-state index >= 15 is 0 Å². The number of esters is 2. The van der Waals surface area contributed by atoms with Crippen molar-refractivity contribution in [2.75, 3.05) is 0 Å². The van der Waals surface area contributed by atoms with Crippen LogP contribution in [-0.2, 0) is 32.3 Å². The molecule has 5 nitrogen and oxygen atoms in total. The van der Waals surface area contributed by atoms with Gasteiger partial charge >= 0.3 is 11.9 Å². The minimum absolute atomic E-state index is 0.0906. The standard InChI is InChI=1S/C18H17NO4/c19-16(18(21)23-13-15-9-5-2-6-10-15)11-17(20)22-12-14-7-3-1-4-8-14/h1-11H,12-13,19H2. The molecule has 0 atom stereocenters. The normalized spacial score (nSPS) is 10.9. The molecule has 0 saturated carbocycles. The second-order valence-electron chi connectivity index (χ2n) is 4.75. The third kappa shape index (κ3) is 5.67. The fraction of sp³-hybridized carbons (Fsp3) is 0.111. The van der Waals surface area contributed by atoms with E-state index in [2.05, 4.69) is 0 Å². The molecule has 0 aliphatic carbocycles. The molecular weight excluding hydrogens is 294 g/mol. The summed E-state index contributed by atoms with van der Waals surface area (Å²) in [4.78, 5) is 23.3. The molecule has 0 aliphatic heterocycles. The van der Waals surface area contributed by atoms with Crippen molar-refractivity contribution >= 4 is 11.9 Å². The van der Waals surface area contributed by atoms with Crippen LogP contribution in [0.3, 0.4) is 0 Å². The number of nitrogens with two attached hydrogens (primary N) is 1. The SMILES string of the molecule is NC(=CC(=O)OCc1ccccc1)C(=O)OCc1ccccc1. The van der Waals surface area contributed by atoms with Crippen LogP contribution in [0.15, 0.2) is 72.4 Å². The van der Waals surface area contributed by atoms with Gasteiger partial charge in [0.25, 0.3) is 0 Å².